The van der Waals surface area contributed by atoms with Crippen LogP contribution in [0, 0.1) is 0 Å². The van der Waals surface area contributed by atoms with Crippen LogP contribution in [0.25, 0.3) is 0 Å². The summed E-state index contributed by atoms with van der Waals surface area (Å²) in [6.45, 7) is 10.2. The molecule has 14 heavy (non-hydrogen) atoms. The molecule has 0 aromatic carbocycles. The van der Waals surface area contributed by atoms with Crippen LogP contribution < -0.4 is 0 Å². The molecule has 0 saturated carbocycles. The molecule has 1 unspecified atom stereocenters. The molecule has 1 aliphatic heterocycles. The molecule has 0 bridgehead atoms. The molecule has 1 atom stereocenters. The van der Waals surface area contributed by atoms with Gasteiger partial charge in [0.05, 0.1) is 6.61 Å². The third-order valence-corrected chi connectivity index (χ3v) is 3.04. The predicted octanol–water partition coefficient (Wildman–Crippen LogP) is 0.392. The van der Waals surface area contributed by atoms with E-state index in [1.807, 2.05) is 0 Å². The van der Waals surface area contributed by atoms with Gasteiger partial charge < -0.3 is 5.11 Å². The van der Waals surface area contributed by atoms with Crippen LogP contribution in [0.4, 0.5) is 0 Å². The van der Waals surface area contributed by atoms with Crippen molar-refractivity contribution in [2.24, 2.45) is 0 Å². The van der Waals surface area contributed by atoms with Gasteiger partial charge in [0.2, 0.25) is 0 Å². The number of piperazine rings is 1. The van der Waals surface area contributed by atoms with Crippen molar-refractivity contribution in [1.29, 1.82) is 0 Å². The van der Waals surface area contributed by atoms with Gasteiger partial charge in [-0.3, -0.25) is 9.80 Å². The summed E-state index contributed by atoms with van der Waals surface area (Å²) in [5.74, 6) is 0. The topological polar surface area (TPSA) is 26.7 Å². The minimum Gasteiger partial charge on any atom is -0.395 e. The molecule has 0 spiro atoms. The second-order valence-corrected chi connectivity index (χ2v) is 3.86. The van der Waals surface area contributed by atoms with Crippen molar-refractivity contribution in [3.8, 4) is 0 Å². The summed E-state index contributed by atoms with van der Waals surface area (Å²) in [6.07, 6.45) is 1.24. The summed E-state index contributed by atoms with van der Waals surface area (Å²) < 4.78 is 0. The molecule has 1 N–H and O–H groups in total. The van der Waals surface area contributed by atoms with Gasteiger partial charge in [-0.15, -0.1) is 0 Å². The maximum absolute atomic E-state index is 8.78. The van der Waals surface area contributed by atoms with E-state index in [2.05, 4.69) is 23.6 Å². The Morgan fingerprint density at radius 2 is 1.79 bits per heavy atom. The fourth-order valence-electron chi connectivity index (χ4n) is 1.83. The average Bonchev–Trinajstić information content (AvgIpc) is 2.18. The van der Waals surface area contributed by atoms with Gasteiger partial charge in [-0.25, -0.2) is 0 Å². The van der Waals surface area contributed by atoms with Crippen LogP contribution in [-0.4, -0.2) is 60.3 Å². The van der Waals surface area contributed by atoms with Crippen molar-refractivity contribution < 1.29 is 23.7 Å². The van der Waals surface area contributed by atoms with Gasteiger partial charge >= 0.3 is 0 Å². The summed E-state index contributed by atoms with van der Waals surface area (Å²) >= 11 is 0. The van der Waals surface area contributed by atoms with E-state index < -0.39 is 0 Å². The smallest absolute Gasteiger partial charge is 0.0558 e. The van der Waals surface area contributed by atoms with Gasteiger partial charge in [-0.1, -0.05) is 6.92 Å². The SMILES string of the molecule is CCC(C)N1CCN(CCO)CC1.[V]. The molecule has 0 amide bonds. The molecule has 1 aliphatic rings. The number of rotatable bonds is 4. The first-order valence-corrected chi connectivity index (χ1v) is 5.35. The van der Waals surface area contributed by atoms with Gasteiger partial charge in [0, 0.05) is 57.3 Å². The molecule has 1 heterocycles. The Labute approximate surface area is 99.3 Å². The predicted molar refractivity (Wildman–Crippen MR) is 54.9 cm³/mol. The zero-order chi connectivity index (χ0) is 9.68. The summed E-state index contributed by atoms with van der Waals surface area (Å²) in [7, 11) is 0. The Kier molecular flexibility index (Phi) is 7.97. The standard InChI is InChI=1S/C10H22N2O.V/c1-3-10(2)12-6-4-11(5-7-12)8-9-13;/h10,13H,3-9H2,1-2H3;. The minimum absolute atomic E-state index is 0. The minimum atomic E-state index is 0. The fourth-order valence-corrected chi connectivity index (χ4v) is 1.83. The van der Waals surface area contributed by atoms with Gasteiger partial charge in [-0.05, 0) is 13.3 Å². The van der Waals surface area contributed by atoms with Gasteiger partial charge in [0.1, 0.15) is 0 Å². The Morgan fingerprint density at radius 3 is 2.21 bits per heavy atom. The van der Waals surface area contributed by atoms with Crippen LogP contribution in [0.5, 0.6) is 0 Å². The van der Waals surface area contributed by atoms with E-state index in [1.165, 1.54) is 6.42 Å². The van der Waals surface area contributed by atoms with Crippen molar-refractivity contribution in [2.45, 2.75) is 26.3 Å². The van der Waals surface area contributed by atoms with Crippen LogP contribution >= 0.6 is 0 Å². The van der Waals surface area contributed by atoms with Gasteiger partial charge in [0.25, 0.3) is 0 Å². The van der Waals surface area contributed by atoms with E-state index in [0.717, 1.165) is 38.8 Å². The Morgan fingerprint density at radius 1 is 1.21 bits per heavy atom. The maximum Gasteiger partial charge on any atom is 0.0558 e. The van der Waals surface area contributed by atoms with Crippen molar-refractivity contribution in [1.82, 2.24) is 9.80 Å². The number of hydrogen-bond donors (Lipinski definition) is 1. The molecule has 0 aromatic rings. The molecule has 1 saturated heterocycles. The van der Waals surface area contributed by atoms with E-state index in [9.17, 15) is 0 Å². The van der Waals surface area contributed by atoms with Crippen LogP contribution in [-0.2, 0) is 18.6 Å². The van der Waals surface area contributed by atoms with E-state index in [-0.39, 0.29) is 18.6 Å². The summed E-state index contributed by atoms with van der Waals surface area (Å²) in [6, 6.07) is 0.719. The van der Waals surface area contributed by atoms with Crippen molar-refractivity contribution in [3.05, 3.63) is 0 Å². The van der Waals surface area contributed by atoms with Crippen molar-refractivity contribution >= 4 is 0 Å². The molecule has 3 nitrogen and oxygen atoms in total. The normalized spacial score (nSPS) is 21.6. The van der Waals surface area contributed by atoms with Crippen LogP contribution in [0.2, 0.25) is 0 Å². The van der Waals surface area contributed by atoms with Crippen LogP contribution in [0.15, 0.2) is 0 Å². The first-order valence-electron chi connectivity index (χ1n) is 5.35. The zero-order valence-corrected chi connectivity index (χ0v) is 10.7. The van der Waals surface area contributed by atoms with Crippen LogP contribution in [0.3, 0.4) is 0 Å². The monoisotopic (exact) mass is 237 g/mol. The first kappa shape index (κ1) is 14.5. The molecule has 1 fully saturated rings. The zero-order valence-electron chi connectivity index (χ0n) is 9.32. The first-order chi connectivity index (χ1) is 6.27. The summed E-state index contributed by atoms with van der Waals surface area (Å²) in [4.78, 5) is 4.87. The van der Waals surface area contributed by atoms with E-state index in [1.54, 1.807) is 0 Å². The molecular weight excluding hydrogens is 215 g/mol. The Balaban J connectivity index is 0.00000169. The largest absolute Gasteiger partial charge is 0.395 e. The molecular formula is C10H22N2OV. The third-order valence-electron chi connectivity index (χ3n) is 3.04. The third kappa shape index (κ3) is 4.32. The maximum atomic E-state index is 8.78. The van der Waals surface area contributed by atoms with Crippen molar-refractivity contribution in [2.75, 3.05) is 39.3 Å². The molecule has 1 radical (unpaired) electrons. The second kappa shape index (κ2) is 7.72. The van der Waals surface area contributed by atoms with Gasteiger partial charge in [0.15, 0.2) is 0 Å². The number of aliphatic hydroxyl groups is 1. The quantitative estimate of drug-likeness (QED) is 0.766. The molecule has 0 aromatic heterocycles. The second-order valence-electron chi connectivity index (χ2n) is 3.86. The molecule has 4 heteroatoms. The van der Waals surface area contributed by atoms with Crippen LogP contribution in [0.1, 0.15) is 20.3 Å². The Bertz CT molecular complexity index is 138. The number of nitrogens with zero attached hydrogens (tertiary/aromatic N) is 2. The molecule has 83 valence electrons. The molecule has 0 aliphatic carbocycles. The number of aliphatic hydroxyl groups excluding tert-OH is 1. The van der Waals surface area contributed by atoms with Gasteiger partial charge in [-0.2, -0.15) is 0 Å². The molecule has 1 rings (SSSR count). The summed E-state index contributed by atoms with van der Waals surface area (Å²) in [5, 5.41) is 8.78. The van der Waals surface area contributed by atoms with E-state index >= 15 is 0 Å². The average molecular weight is 237 g/mol. The number of β-amino-alcohol motifs (C(OH)–C–C–N with tert-alkyl or cyclic N) is 1. The Hall–Kier alpha value is 0.464. The van der Waals surface area contributed by atoms with E-state index in [4.69, 9.17) is 5.11 Å². The summed E-state index contributed by atoms with van der Waals surface area (Å²) in [5.41, 5.74) is 0. The fraction of sp³-hybridized carbons (Fsp3) is 1.00. The van der Waals surface area contributed by atoms with Crippen molar-refractivity contribution in [3.63, 3.8) is 0 Å². The van der Waals surface area contributed by atoms with E-state index in [0.29, 0.717) is 6.61 Å². The number of hydrogen-bond acceptors (Lipinski definition) is 3.